The summed E-state index contributed by atoms with van der Waals surface area (Å²) in [6.07, 6.45) is 11.5. The molecule has 1 aromatic heterocycles. The second-order valence-corrected chi connectivity index (χ2v) is 8.03. The molecule has 2 aromatic rings. The SMILES string of the molecule is C[C@@H](C1CC1)N1C=CC=NC1c1c(C#N)c2ccc(F)cc2n1C1CCC1. The van der Waals surface area contributed by atoms with Crippen molar-refractivity contribution in [2.75, 3.05) is 0 Å². The first kappa shape index (κ1) is 16.6. The van der Waals surface area contributed by atoms with Gasteiger partial charge < -0.3 is 9.47 Å². The molecule has 4 nitrogen and oxygen atoms in total. The smallest absolute Gasteiger partial charge is 0.163 e. The van der Waals surface area contributed by atoms with Crippen molar-refractivity contribution in [3.8, 4) is 6.07 Å². The number of benzene rings is 1. The lowest BCUT2D eigenvalue weighted by Gasteiger charge is -2.38. The van der Waals surface area contributed by atoms with Gasteiger partial charge in [0.2, 0.25) is 0 Å². The molecule has 0 N–H and O–H groups in total. The molecule has 1 unspecified atom stereocenters. The molecule has 27 heavy (non-hydrogen) atoms. The summed E-state index contributed by atoms with van der Waals surface area (Å²) in [5.74, 6) is 0.432. The normalized spacial score (nSPS) is 23.4. The molecule has 2 heterocycles. The van der Waals surface area contributed by atoms with Gasteiger partial charge in [-0.15, -0.1) is 0 Å². The largest absolute Gasteiger partial charge is 0.348 e. The third-order valence-corrected chi connectivity index (χ3v) is 6.43. The molecule has 0 amide bonds. The Labute approximate surface area is 158 Å². The Balaban J connectivity index is 1.72. The van der Waals surface area contributed by atoms with E-state index in [0.717, 1.165) is 29.4 Å². The molecule has 2 saturated carbocycles. The zero-order chi connectivity index (χ0) is 18.5. The highest BCUT2D eigenvalue weighted by Crippen LogP contribution is 2.45. The van der Waals surface area contributed by atoms with E-state index in [4.69, 9.17) is 4.99 Å². The van der Waals surface area contributed by atoms with E-state index < -0.39 is 0 Å². The Morgan fingerprint density at radius 3 is 2.74 bits per heavy atom. The van der Waals surface area contributed by atoms with Gasteiger partial charge in [0.25, 0.3) is 0 Å². The number of allylic oxidation sites excluding steroid dienone is 1. The van der Waals surface area contributed by atoms with Gasteiger partial charge in [0, 0.05) is 29.9 Å². The summed E-state index contributed by atoms with van der Waals surface area (Å²) in [4.78, 5) is 7.08. The summed E-state index contributed by atoms with van der Waals surface area (Å²) in [5, 5.41) is 10.8. The predicted octanol–water partition coefficient (Wildman–Crippen LogP) is 5.07. The van der Waals surface area contributed by atoms with E-state index >= 15 is 0 Å². The van der Waals surface area contributed by atoms with E-state index in [9.17, 15) is 9.65 Å². The van der Waals surface area contributed by atoms with E-state index in [1.807, 2.05) is 12.3 Å². The lowest BCUT2D eigenvalue weighted by Crippen LogP contribution is -2.36. The van der Waals surface area contributed by atoms with Crippen LogP contribution in [0, 0.1) is 23.1 Å². The van der Waals surface area contributed by atoms with Crippen LogP contribution in [0.1, 0.15) is 62.5 Å². The fraction of sp³-hybridized carbons (Fsp3) is 0.455. The molecular formula is C22H23FN4. The van der Waals surface area contributed by atoms with Gasteiger partial charge in [-0.2, -0.15) is 5.26 Å². The van der Waals surface area contributed by atoms with Crippen molar-refractivity contribution in [3.05, 3.63) is 47.5 Å². The van der Waals surface area contributed by atoms with Crippen LogP contribution in [0.15, 0.2) is 35.5 Å². The zero-order valence-corrected chi connectivity index (χ0v) is 15.5. The number of aliphatic imine (C=N–C) groups is 1. The third kappa shape index (κ3) is 2.58. The number of fused-ring (bicyclic) bond motifs is 1. The maximum atomic E-state index is 14.1. The van der Waals surface area contributed by atoms with E-state index in [2.05, 4.69) is 28.7 Å². The van der Waals surface area contributed by atoms with Crippen molar-refractivity contribution in [1.82, 2.24) is 9.47 Å². The van der Waals surface area contributed by atoms with Crippen LogP contribution in [0.5, 0.6) is 0 Å². The molecule has 0 radical (unpaired) electrons. The van der Waals surface area contributed by atoms with Gasteiger partial charge in [0.15, 0.2) is 6.17 Å². The Morgan fingerprint density at radius 2 is 2.07 bits per heavy atom. The highest BCUT2D eigenvalue weighted by Gasteiger charge is 2.38. The highest BCUT2D eigenvalue weighted by atomic mass is 19.1. The van der Waals surface area contributed by atoms with Crippen LogP contribution in [0.3, 0.4) is 0 Å². The number of hydrogen-bond donors (Lipinski definition) is 0. The fourth-order valence-corrected chi connectivity index (χ4v) is 4.53. The van der Waals surface area contributed by atoms with Gasteiger partial charge >= 0.3 is 0 Å². The fourth-order valence-electron chi connectivity index (χ4n) is 4.53. The van der Waals surface area contributed by atoms with Gasteiger partial charge in [-0.05, 0) is 69.2 Å². The number of aromatic nitrogens is 1. The molecule has 3 aliphatic rings. The first-order valence-corrected chi connectivity index (χ1v) is 9.90. The molecule has 138 valence electrons. The lowest BCUT2D eigenvalue weighted by molar-refractivity contribution is 0.187. The maximum absolute atomic E-state index is 14.1. The molecule has 0 bridgehead atoms. The van der Waals surface area contributed by atoms with E-state index in [0.29, 0.717) is 23.6 Å². The summed E-state index contributed by atoms with van der Waals surface area (Å²) in [7, 11) is 0. The number of nitrogens with zero attached hydrogens (tertiary/aromatic N) is 4. The van der Waals surface area contributed by atoms with Gasteiger partial charge in [-0.1, -0.05) is 0 Å². The second kappa shape index (κ2) is 6.23. The quantitative estimate of drug-likeness (QED) is 0.762. The number of nitriles is 1. The summed E-state index contributed by atoms with van der Waals surface area (Å²) >= 11 is 0. The van der Waals surface area contributed by atoms with Gasteiger partial charge in [0.1, 0.15) is 11.9 Å². The van der Waals surface area contributed by atoms with E-state index in [1.165, 1.54) is 25.3 Å². The molecule has 1 aliphatic heterocycles. The Kier molecular flexibility index (Phi) is 3.82. The summed E-state index contributed by atoms with van der Waals surface area (Å²) in [5.41, 5.74) is 2.40. The number of halogens is 1. The average molecular weight is 362 g/mol. The first-order chi connectivity index (χ1) is 13.2. The molecule has 0 saturated heterocycles. The molecule has 2 fully saturated rings. The van der Waals surface area contributed by atoms with Crippen molar-refractivity contribution in [2.24, 2.45) is 10.9 Å². The third-order valence-electron chi connectivity index (χ3n) is 6.43. The standard InChI is InChI=1S/C22H23FN4/c1-14(15-6-7-15)26-11-3-10-25-22(26)21-19(13-24)18-9-8-16(23)12-20(18)27(21)17-4-2-5-17/h3,8-12,14-15,17,22H,2,4-7H2,1H3/t14-,22?/m0/s1. The van der Waals surface area contributed by atoms with Crippen LogP contribution >= 0.6 is 0 Å². The van der Waals surface area contributed by atoms with Crippen LogP contribution in [-0.2, 0) is 0 Å². The second-order valence-electron chi connectivity index (χ2n) is 8.03. The molecule has 5 heteroatoms. The van der Waals surface area contributed by atoms with Crippen molar-refractivity contribution < 1.29 is 4.39 Å². The summed E-state index contributed by atoms with van der Waals surface area (Å²) in [6.45, 7) is 2.25. The average Bonchev–Trinajstić information content (AvgIpc) is 3.44. The molecule has 2 aliphatic carbocycles. The Morgan fingerprint density at radius 1 is 1.26 bits per heavy atom. The first-order valence-electron chi connectivity index (χ1n) is 9.90. The molecule has 0 spiro atoms. The number of rotatable bonds is 4. The highest BCUT2D eigenvalue weighted by molar-refractivity contribution is 5.89. The van der Waals surface area contributed by atoms with Crippen molar-refractivity contribution in [1.29, 1.82) is 5.26 Å². The van der Waals surface area contributed by atoms with Crippen LogP contribution in [-0.4, -0.2) is 21.7 Å². The van der Waals surface area contributed by atoms with Crippen LogP contribution in [0.4, 0.5) is 4.39 Å². The van der Waals surface area contributed by atoms with Crippen LogP contribution < -0.4 is 0 Å². The summed E-state index contributed by atoms with van der Waals surface area (Å²) in [6, 6.07) is 7.89. The van der Waals surface area contributed by atoms with E-state index in [1.54, 1.807) is 12.1 Å². The van der Waals surface area contributed by atoms with E-state index in [-0.39, 0.29) is 12.0 Å². The zero-order valence-electron chi connectivity index (χ0n) is 15.5. The predicted molar refractivity (Wildman–Crippen MR) is 104 cm³/mol. The lowest BCUT2D eigenvalue weighted by atomic mass is 9.92. The molecule has 1 aromatic carbocycles. The van der Waals surface area contributed by atoms with Crippen LogP contribution in [0.25, 0.3) is 10.9 Å². The minimum absolute atomic E-state index is 0.226. The van der Waals surface area contributed by atoms with Gasteiger partial charge in [0.05, 0.1) is 16.8 Å². The molecule has 5 rings (SSSR count). The van der Waals surface area contributed by atoms with Crippen molar-refractivity contribution in [2.45, 2.75) is 57.3 Å². The van der Waals surface area contributed by atoms with Crippen LogP contribution in [0.2, 0.25) is 0 Å². The summed E-state index contributed by atoms with van der Waals surface area (Å²) < 4.78 is 16.3. The van der Waals surface area contributed by atoms with Crippen molar-refractivity contribution in [3.63, 3.8) is 0 Å². The maximum Gasteiger partial charge on any atom is 0.163 e. The molecule has 2 atom stereocenters. The molecular weight excluding hydrogens is 339 g/mol. The number of hydrogen-bond acceptors (Lipinski definition) is 3. The van der Waals surface area contributed by atoms with Gasteiger partial charge in [-0.25, -0.2) is 4.39 Å². The minimum Gasteiger partial charge on any atom is -0.348 e. The van der Waals surface area contributed by atoms with Crippen molar-refractivity contribution >= 4 is 17.1 Å². The topological polar surface area (TPSA) is 44.3 Å². The monoisotopic (exact) mass is 362 g/mol. The Hall–Kier alpha value is -2.61. The van der Waals surface area contributed by atoms with Gasteiger partial charge in [-0.3, -0.25) is 4.99 Å². The Bertz CT molecular complexity index is 988. The minimum atomic E-state index is -0.258.